The van der Waals surface area contributed by atoms with Gasteiger partial charge in [-0.05, 0) is 30.2 Å². The monoisotopic (exact) mass is 279 g/mol. The molecule has 0 aliphatic carbocycles. The predicted molar refractivity (Wildman–Crippen MR) is 83.9 cm³/mol. The molecule has 1 N–H and O–H groups in total. The van der Waals surface area contributed by atoms with Crippen LogP contribution in [0.3, 0.4) is 0 Å². The summed E-state index contributed by atoms with van der Waals surface area (Å²) in [7, 11) is 0. The molecule has 0 bridgehead atoms. The highest BCUT2D eigenvalue weighted by Crippen LogP contribution is 2.34. The number of aromatic nitrogens is 1. The molecule has 1 amide bonds. The number of carbonyl (C=O) groups excluding carboxylic acids is 1. The lowest BCUT2D eigenvalue weighted by atomic mass is 10.2. The molecule has 21 heavy (non-hydrogen) atoms. The molecule has 0 saturated heterocycles. The van der Waals surface area contributed by atoms with Crippen LogP contribution >= 0.6 is 0 Å². The van der Waals surface area contributed by atoms with E-state index in [0.717, 1.165) is 18.7 Å². The Bertz CT molecular complexity index is 681. The Morgan fingerprint density at radius 3 is 3.10 bits per heavy atom. The number of rotatable bonds is 4. The molecule has 0 radical (unpaired) electrons. The molecule has 0 unspecified atom stereocenters. The summed E-state index contributed by atoms with van der Waals surface area (Å²) >= 11 is 0. The molecule has 1 aliphatic rings. The van der Waals surface area contributed by atoms with Gasteiger partial charge in [0.2, 0.25) is 0 Å². The second kappa shape index (κ2) is 5.79. The van der Waals surface area contributed by atoms with Crippen molar-refractivity contribution in [2.45, 2.75) is 6.42 Å². The zero-order valence-electron chi connectivity index (χ0n) is 11.7. The molecule has 4 nitrogen and oxygen atoms in total. The van der Waals surface area contributed by atoms with Crippen LogP contribution in [0.5, 0.6) is 0 Å². The van der Waals surface area contributed by atoms with Gasteiger partial charge in [-0.15, -0.1) is 6.58 Å². The fourth-order valence-corrected chi connectivity index (χ4v) is 2.57. The standard InChI is InChI=1S/C17H17N3O/c1-2-9-19-17(21)15-12-14(7-10-18-15)20-11-8-13-5-3-4-6-16(13)20/h2-7,10,12H,1,8-9,11H2,(H,19,21). The Balaban J connectivity index is 1.87. The minimum Gasteiger partial charge on any atom is -0.347 e. The number of anilines is 2. The molecular weight excluding hydrogens is 262 g/mol. The second-order valence-electron chi connectivity index (χ2n) is 4.93. The van der Waals surface area contributed by atoms with Crippen molar-refractivity contribution in [3.63, 3.8) is 0 Å². The van der Waals surface area contributed by atoms with Crippen LogP contribution in [-0.2, 0) is 6.42 Å². The van der Waals surface area contributed by atoms with Gasteiger partial charge in [0.05, 0.1) is 0 Å². The Kier molecular flexibility index (Phi) is 3.69. The summed E-state index contributed by atoms with van der Waals surface area (Å²) in [5.41, 5.74) is 3.98. The van der Waals surface area contributed by atoms with Gasteiger partial charge in [0.15, 0.2) is 0 Å². The maximum absolute atomic E-state index is 12.0. The minimum atomic E-state index is -0.177. The first-order valence-corrected chi connectivity index (χ1v) is 7.00. The van der Waals surface area contributed by atoms with Crippen LogP contribution in [0.1, 0.15) is 16.1 Å². The molecule has 1 aromatic carbocycles. The van der Waals surface area contributed by atoms with Crippen LogP contribution in [0.15, 0.2) is 55.3 Å². The van der Waals surface area contributed by atoms with E-state index in [0.29, 0.717) is 12.2 Å². The average molecular weight is 279 g/mol. The number of nitrogens with one attached hydrogen (secondary N) is 1. The van der Waals surface area contributed by atoms with Crippen LogP contribution in [0.2, 0.25) is 0 Å². The van der Waals surface area contributed by atoms with Gasteiger partial charge in [-0.1, -0.05) is 24.3 Å². The van der Waals surface area contributed by atoms with E-state index in [4.69, 9.17) is 0 Å². The number of fused-ring (bicyclic) bond motifs is 1. The molecule has 0 fully saturated rings. The number of para-hydroxylation sites is 1. The molecule has 2 aromatic rings. The SMILES string of the molecule is C=CCNC(=O)c1cc(N2CCc3ccccc32)ccn1. The molecule has 1 aliphatic heterocycles. The summed E-state index contributed by atoms with van der Waals surface area (Å²) in [5.74, 6) is -0.177. The molecule has 3 rings (SSSR count). The molecule has 4 heteroatoms. The lowest BCUT2D eigenvalue weighted by molar-refractivity contribution is 0.0953. The van der Waals surface area contributed by atoms with Gasteiger partial charge >= 0.3 is 0 Å². The Hall–Kier alpha value is -2.62. The first-order valence-electron chi connectivity index (χ1n) is 7.00. The lowest BCUT2D eigenvalue weighted by Crippen LogP contribution is -2.24. The summed E-state index contributed by atoms with van der Waals surface area (Å²) in [5, 5.41) is 2.75. The van der Waals surface area contributed by atoms with Crippen LogP contribution in [-0.4, -0.2) is 24.0 Å². The van der Waals surface area contributed by atoms with Crippen molar-refractivity contribution in [3.8, 4) is 0 Å². The van der Waals surface area contributed by atoms with Gasteiger partial charge in [-0.25, -0.2) is 0 Å². The molecule has 1 aromatic heterocycles. The third-order valence-corrected chi connectivity index (χ3v) is 3.58. The van der Waals surface area contributed by atoms with E-state index in [9.17, 15) is 4.79 Å². The van der Waals surface area contributed by atoms with E-state index >= 15 is 0 Å². The maximum atomic E-state index is 12.0. The van der Waals surface area contributed by atoms with Gasteiger partial charge in [-0.3, -0.25) is 9.78 Å². The molecular formula is C17H17N3O. The van der Waals surface area contributed by atoms with Crippen molar-refractivity contribution in [1.82, 2.24) is 10.3 Å². The lowest BCUT2D eigenvalue weighted by Gasteiger charge is -2.19. The maximum Gasteiger partial charge on any atom is 0.270 e. The van der Waals surface area contributed by atoms with Gasteiger partial charge in [0.25, 0.3) is 5.91 Å². The predicted octanol–water partition coefficient (Wildman–Crippen LogP) is 2.69. The minimum absolute atomic E-state index is 0.177. The van der Waals surface area contributed by atoms with Gasteiger partial charge in [0, 0.05) is 30.7 Å². The van der Waals surface area contributed by atoms with E-state index < -0.39 is 0 Å². The summed E-state index contributed by atoms with van der Waals surface area (Å²) in [4.78, 5) is 18.3. The average Bonchev–Trinajstić information content (AvgIpc) is 2.97. The number of amides is 1. The van der Waals surface area contributed by atoms with Gasteiger partial charge in [-0.2, -0.15) is 0 Å². The number of hydrogen-bond acceptors (Lipinski definition) is 3. The topological polar surface area (TPSA) is 45.2 Å². The van der Waals surface area contributed by atoms with Crippen molar-refractivity contribution in [2.24, 2.45) is 0 Å². The van der Waals surface area contributed by atoms with Crippen LogP contribution in [0.4, 0.5) is 11.4 Å². The van der Waals surface area contributed by atoms with Gasteiger partial charge in [0.1, 0.15) is 5.69 Å². The van der Waals surface area contributed by atoms with Crippen molar-refractivity contribution in [3.05, 3.63) is 66.5 Å². The third kappa shape index (κ3) is 2.65. The molecule has 0 atom stereocenters. The fourth-order valence-electron chi connectivity index (χ4n) is 2.57. The van der Waals surface area contributed by atoms with E-state index in [1.54, 1.807) is 12.3 Å². The quantitative estimate of drug-likeness (QED) is 0.875. The molecule has 2 heterocycles. The molecule has 0 saturated carbocycles. The van der Waals surface area contributed by atoms with Crippen LogP contribution < -0.4 is 10.2 Å². The zero-order valence-corrected chi connectivity index (χ0v) is 11.7. The first kappa shape index (κ1) is 13.4. The fraction of sp³-hybridized carbons (Fsp3) is 0.176. The Morgan fingerprint density at radius 1 is 1.38 bits per heavy atom. The largest absolute Gasteiger partial charge is 0.347 e. The van der Waals surface area contributed by atoms with Crippen LogP contribution in [0.25, 0.3) is 0 Å². The summed E-state index contributed by atoms with van der Waals surface area (Å²) in [6.45, 7) is 4.96. The van der Waals surface area contributed by atoms with E-state index in [1.807, 2.05) is 18.2 Å². The smallest absolute Gasteiger partial charge is 0.270 e. The highest BCUT2D eigenvalue weighted by molar-refractivity contribution is 5.93. The second-order valence-corrected chi connectivity index (χ2v) is 4.93. The first-order chi connectivity index (χ1) is 10.3. The summed E-state index contributed by atoms with van der Waals surface area (Å²) in [6.07, 6.45) is 4.36. The number of nitrogens with zero attached hydrogens (tertiary/aromatic N) is 2. The van der Waals surface area contributed by atoms with Crippen molar-refractivity contribution in [1.29, 1.82) is 0 Å². The molecule has 0 spiro atoms. The van der Waals surface area contributed by atoms with Crippen LogP contribution in [0, 0.1) is 0 Å². The van der Waals surface area contributed by atoms with E-state index in [2.05, 4.69) is 40.0 Å². The number of pyridine rings is 1. The highest BCUT2D eigenvalue weighted by Gasteiger charge is 2.20. The normalized spacial score (nSPS) is 12.9. The van der Waals surface area contributed by atoms with Crippen molar-refractivity contribution >= 4 is 17.3 Å². The molecule has 106 valence electrons. The third-order valence-electron chi connectivity index (χ3n) is 3.58. The van der Waals surface area contributed by atoms with Crippen molar-refractivity contribution < 1.29 is 4.79 Å². The Morgan fingerprint density at radius 2 is 2.24 bits per heavy atom. The number of hydrogen-bond donors (Lipinski definition) is 1. The number of benzene rings is 1. The summed E-state index contributed by atoms with van der Waals surface area (Å²) in [6, 6.07) is 12.1. The van der Waals surface area contributed by atoms with Gasteiger partial charge < -0.3 is 10.2 Å². The number of carbonyl (C=O) groups is 1. The van der Waals surface area contributed by atoms with E-state index in [-0.39, 0.29) is 5.91 Å². The zero-order chi connectivity index (χ0) is 14.7. The van der Waals surface area contributed by atoms with E-state index in [1.165, 1.54) is 11.3 Å². The van der Waals surface area contributed by atoms with Crippen molar-refractivity contribution in [2.75, 3.05) is 18.0 Å². The highest BCUT2D eigenvalue weighted by atomic mass is 16.1. The Labute approximate surface area is 124 Å². The summed E-state index contributed by atoms with van der Waals surface area (Å²) < 4.78 is 0.